The Morgan fingerprint density at radius 1 is 1.24 bits per heavy atom. The molecule has 2 fully saturated rings. The maximum Gasteiger partial charge on any atom is 0.320 e. The van der Waals surface area contributed by atoms with Crippen LogP contribution in [0.25, 0.3) is 0 Å². The first-order valence-corrected chi connectivity index (χ1v) is 7.76. The van der Waals surface area contributed by atoms with Gasteiger partial charge in [0.2, 0.25) is 0 Å². The van der Waals surface area contributed by atoms with Gasteiger partial charge < -0.3 is 5.11 Å². The van der Waals surface area contributed by atoms with E-state index in [1.54, 1.807) is 0 Å². The van der Waals surface area contributed by atoms with Crippen molar-refractivity contribution in [2.75, 3.05) is 0 Å². The van der Waals surface area contributed by atoms with E-state index in [2.05, 4.69) is 4.90 Å². The van der Waals surface area contributed by atoms with Gasteiger partial charge in [-0.05, 0) is 42.9 Å². The molecule has 3 unspecified atom stereocenters. The van der Waals surface area contributed by atoms with Gasteiger partial charge in [0.1, 0.15) is 6.04 Å². The molecule has 2 aliphatic rings. The lowest BCUT2D eigenvalue weighted by molar-refractivity contribution is -0.142. The quantitative estimate of drug-likeness (QED) is 0.911. The Balaban J connectivity index is 0.00000161. The number of hydrogen-bond donors (Lipinski definition) is 1. The highest BCUT2D eigenvalue weighted by Gasteiger charge is 2.44. The molecule has 1 aromatic rings. The van der Waals surface area contributed by atoms with Crippen LogP contribution in [0, 0.1) is 5.92 Å². The maximum absolute atomic E-state index is 11.5. The summed E-state index contributed by atoms with van der Waals surface area (Å²) in [5.41, 5.74) is 1.15. The minimum Gasteiger partial charge on any atom is -0.480 e. The second-order valence-electron chi connectivity index (χ2n) is 6.00. The predicted molar refractivity (Wildman–Crippen MR) is 86.0 cm³/mol. The first-order valence-electron chi connectivity index (χ1n) is 7.38. The molecule has 1 N–H and O–H groups in total. The number of rotatable bonds is 3. The zero-order chi connectivity index (χ0) is 14.1. The number of aliphatic carboxylic acids is 1. The number of nitrogens with zero attached hydrogens (tertiary/aromatic N) is 1. The molecule has 0 radical (unpaired) electrons. The fourth-order valence-electron chi connectivity index (χ4n) is 3.82. The van der Waals surface area contributed by atoms with Gasteiger partial charge in [0, 0.05) is 17.6 Å². The molecule has 3 nitrogen and oxygen atoms in total. The van der Waals surface area contributed by atoms with Gasteiger partial charge >= 0.3 is 5.97 Å². The molecule has 116 valence electrons. The molecule has 5 heteroatoms. The first kappa shape index (κ1) is 16.6. The van der Waals surface area contributed by atoms with Crippen LogP contribution in [0.2, 0.25) is 5.02 Å². The Labute approximate surface area is 136 Å². The van der Waals surface area contributed by atoms with Crippen molar-refractivity contribution in [1.82, 2.24) is 4.90 Å². The van der Waals surface area contributed by atoms with Crippen molar-refractivity contribution >= 4 is 30.0 Å². The molecule has 1 aromatic carbocycles. The number of benzene rings is 1. The molecule has 3 atom stereocenters. The smallest absolute Gasteiger partial charge is 0.320 e. The van der Waals surface area contributed by atoms with E-state index in [-0.39, 0.29) is 18.4 Å². The SMILES string of the molecule is Cl.O=C(O)C1CC2CCCCC2N1Cc1ccc(Cl)cc1. The Morgan fingerprint density at radius 3 is 2.57 bits per heavy atom. The zero-order valence-electron chi connectivity index (χ0n) is 11.9. The van der Waals surface area contributed by atoms with Gasteiger partial charge in [-0.15, -0.1) is 12.4 Å². The van der Waals surface area contributed by atoms with Crippen molar-refractivity contribution in [3.05, 3.63) is 34.9 Å². The van der Waals surface area contributed by atoms with E-state index < -0.39 is 5.97 Å². The van der Waals surface area contributed by atoms with Crippen molar-refractivity contribution in [2.45, 2.75) is 50.7 Å². The number of halogens is 2. The van der Waals surface area contributed by atoms with E-state index in [1.165, 1.54) is 19.3 Å². The Morgan fingerprint density at radius 2 is 1.90 bits per heavy atom. The highest BCUT2D eigenvalue weighted by atomic mass is 35.5. The van der Waals surface area contributed by atoms with Crippen LogP contribution in [0.3, 0.4) is 0 Å². The Bertz CT molecular complexity index is 492. The van der Waals surface area contributed by atoms with E-state index in [0.29, 0.717) is 12.0 Å². The number of carboxylic acid groups (broad SMARTS) is 1. The molecule has 1 heterocycles. The van der Waals surface area contributed by atoms with Crippen molar-refractivity contribution in [2.24, 2.45) is 5.92 Å². The van der Waals surface area contributed by atoms with Gasteiger partial charge in [0.15, 0.2) is 0 Å². The first-order chi connectivity index (χ1) is 9.65. The van der Waals surface area contributed by atoms with Crippen LogP contribution in [0.5, 0.6) is 0 Å². The molecular formula is C16H21Cl2NO2. The summed E-state index contributed by atoms with van der Waals surface area (Å²) >= 11 is 5.91. The predicted octanol–water partition coefficient (Wildman–Crippen LogP) is 3.98. The van der Waals surface area contributed by atoms with E-state index >= 15 is 0 Å². The molecule has 1 aliphatic carbocycles. The molecule has 21 heavy (non-hydrogen) atoms. The average Bonchev–Trinajstić information content (AvgIpc) is 2.81. The standard InChI is InChI=1S/C16H20ClNO2.ClH/c17-13-7-5-11(6-8-13)10-18-14-4-2-1-3-12(14)9-15(18)16(19)20;/h5-8,12,14-15H,1-4,9-10H2,(H,19,20);1H. The summed E-state index contributed by atoms with van der Waals surface area (Å²) in [5.74, 6) is -0.106. The second-order valence-corrected chi connectivity index (χ2v) is 6.44. The summed E-state index contributed by atoms with van der Waals surface area (Å²) in [5, 5.41) is 10.2. The molecule has 1 aliphatic heterocycles. The van der Waals surface area contributed by atoms with E-state index in [4.69, 9.17) is 11.6 Å². The Kier molecular flexibility index (Phi) is 5.53. The maximum atomic E-state index is 11.5. The van der Waals surface area contributed by atoms with Gasteiger partial charge in [0.05, 0.1) is 0 Å². The van der Waals surface area contributed by atoms with Gasteiger partial charge in [0.25, 0.3) is 0 Å². The van der Waals surface area contributed by atoms with Crippen LogP contribution in [-0.2, 0) is 11.3 Å². The third kappa shape index (κ3) is 3.53. The van der Waals surface area contributed by atoms with Gasteiger partial charge in [-0.3, -0.25) is 9.69 Å². The normalized spacial score (nSPS) is 28.7. The van der Waals surface area contributed by atoms with Crippen LogP contribution in [0.15, 0.2) is 24.3 Å². The highest BCUT2D eigenvalue weighted by Crippen LogP contribution is 2.40. The summed E-state index contributed by atoms with van der Waals surface area (Å²) in [4.78, 5) is 13.7. The number of likely N-dealkylation sites (tertiary alicyclic amines) is 1. The third-order valence-electron chi connectivity index (χ3n) is 4.78. The second kappa shape index (κ2) is 6.99. The monoisotopic (exact) mass is 329 g/mol. The highest BCUT2D eigenvalue weighted by molar-refractivity contribution is 6.30. The number of carbonyl (C=O) groups is 1. The van der Waals surface area contributed by atoms with E-state index in [9.17, 15) is 9.90 Å². The summed E-state index contributed by atoms with van der Waals surface area (Å²) in [6.07, 6.45) is 5.62. The molecular weight excluding hydrogens is 309 g/mol. The van der Waals surface area contributed by atoms with E-state index in [1.807, 2.05) is 24.3 Å². The summed E-state index contributed by atoms with van der Waals surface area (Å²) in [7, 11) is 0. The summed E-state index contributed by atoms with van der Waals surface area (Å²) in [6, 6.07) is 7.87. The molecule has 0 spiro atoms. The Hall–Kier alpha value is -0.770. The van der Waals surface area contributed by atoms with Crippen molar-refractivity contribution < 1.29 is 9.90 Å². The topological polar surface area (TPSA) is 40.5 Å². The molecule has 0 amide bonds. The van der Waals surface area contributed by atoms with Crippen LogP contribution < -0.4 is 0 Å². The number of carboxylic acids is 1. The lowest BCUT2D eigenvalue weighted by Crippen LogP contribution is -2.41. The number of fused-ring (bicyclic) bond motifs is 1. The van der Waals surface area contributed by atoms with E-state index in [0.717, 1.165) is 30.0 Å². The van der Waals surface area contributed by atoms with Gasteiger partial charge in [-0.1, -0.05) is 36.6 Å². The van der Waals surface area contributed by atoms with Gasteiger partial charge in [-0.2, -0.15) is 0 Å². The van der Waals surface area contributed by atoms with Crippen molar-refractivity contribution in [3.8, 4) is 0 Å². The van der Waals surface area contributed by atoms with Crippen LogP contribution >= 0.6 is 24.0 Å². The minimum absolute atomic E-state index is 0. The van der Waals surface area contributed by atoms with Gasteiger partial charge in [-0.25, -0.2) is 0 Å². The minimum atomic E-state index is -0.673. The third-order valence-corrected chi connectivity index (χ3v) is 5.04. The molecule has 3 rings (SSSR count). The fourth-order valence-corrected chi connectivity index (χ4v) is 3.95. The molecule has 0 aromatic heterocycles. The molecule has 1 saturated carbocycles. The molecule has 0 bridgehead atoms. The largest absolute Gasteiger partial charge is 0.480 e. The van der Waals surface area contributed by atoms with Crippen molar-refractivity contribution in [1.29, 1.82) is 0 Å². The average molecular weight is 330 g/mol. The number of hydrogen-bond acceptors (Lipinski definition) is 2. The lowest BCUT2D eigenvalue weighted by Gasteiger charge is -2.33. The zero-order valence-corrected chi connectivity index (χ0v) is 13.4. The fraction of sp³-hybridized carbons (Fsp3) is 0.562. The van der Waals surface area contributed by atoms with Crippen LogP contribution in [0.4, 0.5) is 0 Å². The van der Waals surface area contributed by atoms with Crippen LogP contribution in [0.1, 0.15) is 37.7 Å². The molecule has 1 saturated heterocycles. The lowest BCUT2D eigenvalue weighted by atomic mass is 9.84. The summed E-state index contributed by atoms with van der Waals surface area (Å²) < 4.78 is 0. The van der Waals surface area contributed by atoms with Crippen LogP contribution in [-0.4, -0.2) is 28.1 Å². The summed E-state index contributed by atoms with van der Waals surface area (Å²) in [6.45, 7) is 0.718. The van der Waals surface area contributed by atoms with Crippen molar-refractivity contribution in [3.63, 3.8) is 0 Å².